The summed E-state index contributed by atoms with van der Waals surface area (Å²) in [6.45, 7) is 1.89. The zero-order valence-electron chi connectivity index (χ0n) is 8.95. The molecule has 0 aliphatic heterocycles. The van der Waals surface area contributed by atoms with Crippen LogP contribution in [0.3, 0.4) is 0 Å². The first-order valence-corrected chi connectivity index (χ1v) is 5.53. The Morgan fingerprint density at radius 1 is 1.24 bits per heavy atom. The first-order valence-electron chi connectivity index (χ1n) is 4.78. The van der Waals surface area contributed by atoms with Gasteiger partial charge in [-0.05, 0) is 24.6 Å². The largest absolute Gasteiger partial charge is 0.437 e. The van der Waals surface area contributed by atoms with Gasteiger partial charge in [-0.15, -0.1) is 0 Å². The predicted molar refractivity (Wildman–Crippen MR) is 67.7 cm³/mol. The molecule has 0 saturated carbocycles. The van der Waals surface area contributed by atoms with Crippen molar-refractivity contribution in [2.75, 3.05) is 5.73 Å². The lowest BCUT2D eigenvalue weighted by atomic mass is 10.2. The molecule has 4 nitrogen and oxygen atoms in total. The zero-order chi connectivity index (χ0) is 12.4. The van der Waals surface area contributed by atoms with Crippen molar-refractivity contribution in [3.8, 4) is 11.6 Å². The number of ether oxygens (including phenoxy) is 1. The van der Waals surface area contributed by atoms with E-state index in [1.165, 1.54) is 6.33 Å². The second-order valence-electron chi connectivity index (χ2n) is 3.39. The van der Waals surface area contributed by atoms with Crippen molar-refractivity contribution in [1.29, 1.82) is 0 Å². The van der Waals surface area contributed by atoms with E-state index in [1.54, 1.807) is 12.1 Å². The number of hydrogen-bond donors (Lipinski definition) is 1. The van der Waals surface area contributed by atoms with Crippen molar-refractivity contribution < 1.29 is 4.74 Å². The van der Waals surface area contributed by atoms with E-state index in [1.807, 2.05) is 13.0 Å². The Balaban J connectivity index is 2.38. The highest BCUT2D eigenvalue weighted by atomic mass is 35.5. The van der Waals surface area contributed by atoms with Crippen LogP contribution in [0.25, 0.3) is 0 Å². The van der Waals surface area contributed by atoms with Crippen LogP contribution in [-0.4, -0.2) is 9.97 Å². The molecule has 0 spiro atoms. The lowest BCUT2D eigenvalue weighted by molar-refractivity contribution is 0.459. The van der Waals surface area contributed by atoms with E-state index in [-0.39, 0.29) is 16.7 Å². The highest BCUT2D eigenvalue weighted by molar-refractivity contribution is 6.34. The second-order valence-corrected chi connectivity index (χ2v) is 4.20. The van der Waals surface area contributed by atoms with Gasteiger partial charge in [0.05, 0.1) is 0 Å². The van der Waals surface area contributed by atoms with E-state index in [2.05, 4.69) is 9.97 Å². The van der Waals surface area contributed by atoms with E-state index in [9.17, 15) is 0 Å². The lowest BCUT2D eigenvalue weighted by Gasteiger charge is -2.09. The van der Waals surface area contributed by atoms with E-state index in [0.717, 1.165) is 5.56 Å². The number of halogens is 2. The fourth-order valence-corrected chi connectivity index (χ4v) is 1.52. The van der Waals surface area contributed by atoms with Gasteiger partial charge in [0.1, 0.15) is 22.9 Å². The number of hydrogen-bond acceptors (Lipinski definition) is 4. The molecule has 2 aromatic rings. The third-order valence-electron chi connectivity index (χ3n) is 2.14. The van der Waals surface area contributed by atoms with Gasteiger partial charge in [0, 0.05) is 5.02 Å². The Labute approximate surface area is 108 Å². The lowest BCUT2D eigenvalue weighted by Crippen LogP contribution is -1.97. The normalized spacial score (nSPS) is 10.3. The van der Waals surface area contributed by atoms with E-state index in [0.29, 0.717) is 10.8 Å². The Hall–Kier alpha value is -1.52. The number of nitrogen functional groups attached to an aromatic ring is 1. The van der Waals surface area contributed by atoms with Crippen LogP contribution in [0.15, 0.2) is 24.5 Å². The summed E-state index contributed by atoms with van der Waals surface area (Å²) in [5, 5.41) is 0.760. The molecule has 17 heavy (non-hydrogen) atoms. The van der Waals surface area contributed by atoms with Gasteiger partial charge >= 0.3 is 0 Å². The maximum atomic E-state index is 5.93. The summed E-state index contributed by atoms with van der Waals surface area (Å²) in [6, 6.07) is 5.31. The second kappa shape index (κ2) is 4.77. The number of aryl methyl sites for hydroxylation is 1. The van der Waals surface area contributed by atoms with Crippen molar-refractivity contribution in [2.24, 2.45) is 0 Å². The molecule has 1 heterocycles. The van der Waals surface area contributed by atoms with Gasteiger partial charge in [-0.25, -0.2) is 4.98 Å². The SMILES string of the molecule is Cc1ccc(Cl)cc1Oc1ncnc(N)c1Cl. The number of nitrogens with zero attached hydrogens (tertiary/aromatic N) is 2. The zero-order valence-corrected chi connectivity index (χ0v) is 10.5. The fourth-order valence-electron chi connectivity index (χ4n) is 1.23. The fraction of sp³-hybridized carbons (Fsp3) is 0.0909. The van der Waals surface area contributed by atoms with Crippen LogP contribution in [-0.2, 0) is 0 Å². The highest BCUT2D eigenvalue weighted by Crippen LogP contribution is 2.32. The van der Waals surface area contributed by atoms with Crippen molar-refractivity contribution in [2.45, 2.75) is 6.92 Å². The molecule has 0 aliphatic carbocycles. The summed E-state index contributed by atoms with van der Waals surface area (Å²) >= 11 is 11.8. The van der Waals surface area contributed by atoms with Gasteiger partial charge in [0.25, 0.3) is 0 Å². The van der Waals surface area contributed by atoms with Crippen LogP contribution in [0, 0.1) is 6.92 Å². The third-order valence-corrected chi connectivity index (χ3v) is 2.73. The molecular formula is C11H9Cl2N3O. The van der Waals surface area contributed by atoms with E-state index in [4.69, 9.17) is 33.7 Å². The predicted octanol–water partition coefficient (Wildman–Crippen LogP) is 3.47. The van der Waals surface area contributed by atoms with Gasteiger partial charge in [0.2, 0.25) is 5.88 Å². The van der Waals surface area contributed by atoms with E-state index < -0.39 is 0 Å². The standard InChI is InChI=1S/C11H9Cl2N3O/c1-6-2-3-7(12)4-8(6)17-11-9(13)10(14)15-5-16-11/h2-5H,1H3,(H2,14,15,16). The topological polar surface area (TPSA) is 61.0 Å². The van der Waals surface area contributed by atoms with Gasteiger partial charge in [-0.2, -0.15) is 4.98 Å². The Morgan fingerprint density at radius 2 is 2.00 bits per heavy atom. The molecule has 6 heteroatoms. The molecule has 2 rings (SSSR count). The minimum atomic E-state index is 0.177. The summed E-state index contributed by atoms with van der Waals surface area (Å²) in [6.07, 6.45) is 1.29. The summed E-state index contributed by atoms with van der Waals surface area (Å²) in [4.78, 5) is 7.67. The monoisotopic (exact) mass is 269 g/mol. The summed E-state index contributed by atoms with van der Waals surface area (Å²) in [7, 11) is 0. The van der Waals surface area contributed by atoms with Gasteiger partial charge in [0.15, 0.2) is 0 Å². The smallest absolute Gasteiger partial charge is 0.243 e. The number of aromatic nitrogens is 2. The molecule has 0 amide bonds. The molecule has 0 unspecified atom stereocenters. The van der Waals surface area contributed by atoms with Gasteiger partial charge in [-0.1, -0.05) is 29.3 Å². The molecule has 0 atom stereocenters. The molecular weight excluding hydrogens is 261 g/mol. The molecule has 2 N–H and O–H groups in total. The minimum Gasteiger partial charge on any atom is -0.437 e. The summed E-state index contributed by atoms with van der Waals surface area (Å²) in [5.74, 6) is 0.971. The number of benzene rings is 1. The first-order chi connectivity index (χ1) is 8.08. The van der Waals surface area contributed by atoms with Gasteiger partial charge < -0.3 is 10.5 Å². The number of nitrogens with two attached hydrogens (primary N) is 1. The van der Waals surface area contributed by atoms with Crippen molar-refractivity contribution >= 4 is 29.0 Å². The Morgan fingerprint density at radius 3 is 2.76 bits per heavy atom. The molecule has 1 aromatic heterocycles. The van der Waals surface area contributed by atoms with E-state index >= 15 is 0 Å². The minimum absolute atomic E-state index is 0.177. The Bertz CT molecular complexity index is 560. The number of anilines is 1. The molecule has 88 valence electrons. The third kappa shape index (κ3) is 2.60. The number of rotatable bonds is 2. The van der Waals surface area contributed by atoms with Gasteiger partial charge in [-0.3, -0.25) is 0 Å². The van der Waals surface area contributed by atoms with Crippen LogP contribution in [0.2, 0.25) is 10.0 Å². The van der Waals surface area contributed by atoms with Crippen molar-refractivity contribution in [3.63, 3.8) is 0 Å². The molecule has 1 aromatic carbocycles. The van der Waals surface area contributed by atoms with Crippen molar-refractivity contribution in [1.82, 2.24) is 9.97 Å². The molecule has 0 fully saturated rings. The maximum absolute atomic E-state index is 5.93. The van der Waals surface area contributed by atoms with Crippen LogP contribution in [0.1, 0.15) is 5.56 Å². The average molecular weight is 270 g/mol. The molecule has 0 radical (unpaired) electrons. The summed E-state index contributed by atoms with van der Waals surface area (Å²) in [5.41, 5.74) is 6.47. The summed E-state index contributed by atoms with van der Waals surface area (Å²) < 4.78 is 5.55. The highest BCUT2D eigenvalue weighted by Gasteiger charge is 2.10. The van der Waals surface area contributed by atoms with Crippen molar-refractivity contribution in [3.05, 3.63) is 40.1 Å². The quantitative estimate of drug-likeness (QED) is 0.907. The average Bonchev–Trinajstić information content (AvgIpc) is 2.30. The molecule has 0 bridgehead atoms. The van der Waals surface area contributed by atoms with Crippen LogP contribution >= 0.6 is 23.2 Å². The van der Waals surface area contributed by atoms with Crippen LogP contribution in [0.4, 0.5) is 5.82 Å². The first kappa shape index (κ1) is 12.0. The maximum Gasteiger partial charge on any atom is 0.243 e. The Kier molecular flexibility index (Phi) is 3.36. The molecule has 0 aliphatic rings. The van der Waals surface area contributed by atoms with Crippen LogP contribution < -0.4 is 10.5 Å². The molecule has 0 saturated heterocycles. The van der Waals surface area contributed by atoms with Crippen LogP contribution in [0.5, 0.6) is 11.6 Å².